The fraction of sp³-hybridized carbons (Fsp3) is 0.400. The van der Waals surface area contributed by atoms with Gasteiger partial charge >= 0.3 is 0 Å². The zero-order valence-corrected chi connectivity index (χ0v) is 17.3. The van der Waals surface area contributed by atoms with Crippen molar-refractivity contribution in [3.63, 3.8) is 0 Å². The molecule has 0 bridgehead atoms. The second kappa shape index (κ2) is 7.79. The number of rotatable bonds is 7. The molecular weight excluding hydrogens is 386 g/mol. The number of methoxy groups -OCH3 is 1. The van der Waals surface area contributed by atoms with Gasteiger partial charge in [-0.05, 0) is 32.4 Å². The summed E-state index contributed by atoms with van der Waals surface area (Å²) in [5.41, 5.74) is 0.990. The van der Waals surface area contributed by atoms with Crippen molar-refractivity contribution in [3.05, 3.63) is 46.5 Å². The van der Waals surface area contributed by atoms with Crippen LogP contribution >= 0.6 is 0 Å². The van der Waals surface area contributed by atoms with Crippen LogP contribution in [0.15, 0.2) is 35.4 Å². The van der Waals surface area contributed by atoms with Crippen LogP contribution in [-0.2, 0) is 4.74 Å². The van der Waals surface area contributed by atoms with Crippen molar-refractivity contribution in [1.29, 1.82) is 0 Å². The molecule has 0 radical (unpaired) electrons. The van der Waals surface area contributed by atoms with Crippen molar-refractivity contribution in [1.82, 2.24) is 24.5 Å². The maximum atomic E-state index is 12.7. The Morgan fingerprint density at radius 1 is 1.37 bits per heavy atom. The Labute approximate surface area is 173 Å². The van der Waals surface area contributed by atoms with Crippen LogP contribution < -0.4 is 21.5 Å². The highest BCUT2D eigenvalue weighted by atomic mass is 16.5. The quantitative estimate of drug-likeness (QED) is 0.543. The summed E-state index contributed by atoms with van der Waals surface area (Å²) in [6.45, 7) is 3.89. The fourth-order valence-electron chi connectivity index (χ4n) is 3.35. The molecule has 1 saturated carbocycles. The van der Waals surface area contributed by atoms with Gasteiger partial charge in [-0.3, -0.25) is 9.59 Å². The molecule has 30 heavy (non-hydrogen) atoms. The maximum Gasteiger partial charge on any atom is 0.274 e. The normalized spacial score (nSPS) is 17.9. The minimum Gasteiger partial charge on any atom is -0.379 e. The molecule has 0 aromatic carbocycles. The molecule has 0 aliphatic heterocycles. The molecular formula is C20H25N7O3. The number of aromatic nitrogens is 4. The molecule has 10 nitrogen and oxygen atoms in total. The number of fused-ring (bicyclic) bond motifs is 1. The number of anilines is 3. The number of carbonyl (C=O) groups excluding carboxylic acids is 1. The van der Waals surface area contributed by atoms with Gasteiger partial charge in [-0.1, -0.05) is 0 Å². The Hall–Kier alpha value is -3.40. The largest absolute Gasteiger partial charge is 0.379 e. The Kier molecular flexibility index (Phi) is 5.17. The standard InChI is InChI=1S/C20H25N7O3/c1-11(2)26-7-5-6-13(20(26)29)23-16-9-17(21-3)27-18(25-16)12(10-22-27)19(28)24-14-8-15(14)30-4/h5-7,9-11,14-15,21H,8H2,1-4H3,(H,23,25)(H,24,28)/t14-,15-/m1/s1. The first-order valence-corrected chi connectivity index (χ1v) is 9.81. The second-order valence-electron chi connectivity index (χ2n) is 7.51. The Morgan fingerprint density at radius 2 is 2.17 bits per heavy atom. The SMILES string of the molecule is CNc1cc(Nc2cccn(C(C)C)c2=O)nc2c(C(=O)N[C@@H]3C[C@H]3OC)cnn12. The van der Waals surface area contributed by atoms with Gasteiger partial charge in [0.1, 0.15) is 22.9 Å². The first-order chi connectivity index (χ1) is 14.4. The van der Waals surface area contributed by atoms with Crippen LogP contribution in [0.2, 0.25) is 0 Å². The van der Waals surface area contributed by atoms with Gasteiger partial charge in [-0.2, -0.15) is 9.61 Å². The molecule has 10 heteroatoms. The smallest absolute Gasteiger partial charge is 0.274 e. The second-order valence-corrected chi connectivity index (χ2v) is 7.51. The molecule has 1 aliphatic carbocycles. The highest BCUT2D eigenvalue weighted by Crippen LogP contribution is 2.26. The minimum absolute atomic E-state index is 0.00125. The lowest BCUT2D eigenvalue weighted by Gasteiger charge is -2.13. The van der Waals surface area contributed by atoms with Crippen LogP contribution in [0.4, 0.5) is 17.3 Å². The number of hydrogen-bond acceptors (Lipinski definition) is 7. The van der Waals surface area contributed by atoms with E-state index in [0.717, 1.165) is 6.42 Å². The summed E-state index contributed by atoms with van der Waals surface area (Å²) in [7, 11) is 3.38. The first-order valence-electron chi connectivity index (χ1n) is 9.81. The van der Waals surface area contributed by atoms with E-state index in [-0.39, 0.29) is 29.7 Å². The van der Waals surface area contributed by atoms with Crippen LogP contribution in [0.5, 0.6) is 0 Å². The van der Waals surface area contributed by atoms with Gasteiger partial charge in [-0.15, -0.1) is 0 Å². The lowest BCUT2D eigenvalue weighted by atomic mass is 10.3. The summed E-state index contributed by atoms with van der Waals surface area (Å²) in [6, 6.07) is 5.28. The molecule has 0 unspecified atom stereocenters. The zero-order chi connectivity index (χ0) is 21.4. The predicted octanol–water partition coefficient (Wildman–Crippen LogP) is 1.77. The van der Waals surface area contributed by atoms with E-state index in [1.54, 1.807) is 47.6 Å². The molecule has 2 atom stereocenters. The average Bonchev–Trinajstić information content (AvgIpc) is 3.34. The fourth-order valence-corrected chi connectivity index (χ4v) is 3.35. The van der Waals surface area contributed by atoms with E-state index in [9.17, 15) is 9.59 Å². The zero-order valence-electron chi connectivity index (χ0n) is 17.3. The van der Waals surface area contributed by atoms with Gasteiger partial charge in [0.15, 0.2) is 5.65 Å². The Bertz CT molecular complexity index is 1150. The van der Waals surface area contributed by atoms with Crippen LogP contribution in [0.1, 0.15) is 36.7 Å². The Balaban J connectivity index is 1.69. The van der Waals surface area contributed by atoms with Gasteiger partial charge in [0.05, 0.1) is 18.3 Å². The van der Waals surface area contributed by atoms with E-state index in [4.69, 9.17) is 4.74 Å². The molecule has 3 heterocycles. The number of amides is 1. The number of ether oxygens (including phenoxy) is 1. The van der Waals surface area contributed by atoms with Crippen molar-refractivity contribution >= 4 is 28.9 Å². The topological polar surface area (TPSA) is 115 Å². The van der Waals surface area contributed by atoms with Crippen LogP contribution in [0, 0.1) is 0 Å². The summed E-state index contributed by atoms with van der Waals surface area (Å²) in [5, 5.41) is 13.3. The van der Waals surface area contributed by atoms with Gasteiger partial charge in [0.25, 0.3) is 11.5 Å². The molecule has 0 saturated heterocycles. The summed E-state index contributed by atoms with van der Waals surface area (Å²) < 4.78 is 8.43. The minimum atomic E-state index is -0.261. The molecule has 1 fully saturated rings. The number of pyridine rings is 1. The van der Waals surface area contributed by atoms with E-state index in [1.165, 1.54) is 6.20 Å². The molecule has 4 rings (SSSR count). The summed E-state index contributed by atoms with van der Waals surface area (Å²) in [6.07, 6.45) is 4.08. The monoisotopic (exact) mass is 411 g/mol. The molecule has 0 spiro atoms. The number of hydrogen-bond donors (Lipinski definition) is 3. The molecule has 1 aliphatic rings. The number of nitrogens with one attached hydrogen (secondary N) is 3. The van der Waals surface area contributed by atoms with Crippen molar-refractivity contribution in [2.24, 2.45) is 0 Å². The van der Waals surface area contributed by atoms with Gasteiger partial charge in [-0.25, -0.2) is 4.98 Å². The van der Waals surface area contributed by atoms with E-state index in [0.29, 0.717) is 28.5 Å². The third kappa shape index (κ3) is 3.61. The maximum absolute atomic E-state index is 12.7. The Morgan fingerprint density at radius 3 is 2.83 bits per heavy atom. The lowest BCUT2D eigenvalue weighted by Crippen LogP contribution is -2.28. The third-order valence-corrected chi connectivity index (χ3v) is 5.12. The highest BCUT2D eigenvalue weighted by Gasteiger charge is 2.39. The van der Waals surface area contributed by atoms with Crippen molar-refractivity contribution in [2.45, 2.75) is 38.5 Å². The molecule has 158 valence electrons. The summed E-state index contributed by atoms with van der Waals surface area (Å²) in [5.74, 6) is 0.798. The first kappa shape index (κ1) is 19.9. The van der Waals surface area contributed by atoms with E-state index < -0.39 is 0 Å². The van der Waals surface area contributed by atoms with Crippen LogP contribution in [0.25, 0.3) is 5.65 Å². The summed E-state index contributed by atoms with van der Waals surface area (Å²) in [4.78, 5) is 30.0. The molecule has 3 aromatic heterocycles. The van der Waals surface area contributed by atoms with Gasteiger partial charge < -0.3 is 25.3 Å². The number of carbonyl (C=O) groups is 1. The van der Waals surface area contributed by atoms with Crippen molar-refractivity contribution < 1.29 is 9.53 Å². The summed E-state index contributed by atoms with van der Waals surface area (Å²) >= 11 is 0. The van der Waals surface area contributed by atoms with E-state index >= 15 is 0 Å². The van der Waals surface area contributed by atoms with Crippen LogP contribution in [0.3, 0.4) is 0 Å². The third-order valence-electron chi connectivity index (χ3n) is 5.12. The average molecular weight is 411 g/mol. The highest BCUT2D eigenvalue weighted by molar-refractivity contribution is 6.00. The van der Waals surface area contributed by atoms with Crippen LogP contribution in [-0.4, -0.2) is 51.4 Å². The molecule has 3 aromatic rings. The van der Waals surface area contributed by atoms with Gasteiger partial charge in [0.2, 0.25) is 0 Å². The molecule has 3 N–H and O–H groups in total. The predicted molar refractivity (Wildman–Crippen MR) is 114 cm³/mol. The van der Waals surface area contributed by atoms with Crippen molar-refractivity contribution in [3.8, 4) is 0 Å². The van der Waals surface area contributed by atoms with E-state index in [2.05, 4.69) is 26.0 Å². The van der Waals surface area contributed by atoms with Gasteiger partial charge in [0, 0.05) is 32.5 Å². The van der Waals surface area contributed by atoms with E-state index in [1.807, 2.05) is 13.8 Å². The van der Waals surface area contributed by atoms with Crippen molar-refractivity contribution in [2.75, 3.05) is 24.8 Å². The lowest BCUT2D eigenvalue weighted by molar-refractivity contribution is 0.0936. The number of nitrogens with zero attached hydrogens (tertiary/aromatic N) is 4. The molecule has 1 amide bonds.